The maximum absolute atomic E-state index is 11.5. The molecule has 1 atom stereocenters. The minimum atomic E-state index is -3.17. The Labute approximate surface area is 178 Å². The number of rotatable bonds is 9. The lowest BCUT2D eigenvalue weighted by Crippen LogP contribution is -2.38. The molecule has 1 unspecified atom stereocenters. The van der Waals surface area contributed by atoms with E-state index < -0.39 is 9.84 Å². The van der Waals surface area contributed by atoms with Gasteiger partial charge in [0.2, 0.25) is 0 Å². The summed E-state index contributed by atoms with van der Waals surface area (Å²) in [5.74, 6) is 0.698. The fourth-order valence-corrected chi connectivity index (χ4v) is 3.60. The Bertz CT molecular complexity index is 915. The van der Waals surface area contributed by atoms with E-state index in [9.17, 15) is 8.42 Å². The van der Waals surface area contributed by atoms with Crippen LogP contribution in [-0.2, 0) is 21.0 Å². The molecule has 0 aliphatic carbocycles. The number of hydrogen-bond acceptors (Lipinski definition) is 4. The smallest absolute Gasteiger partial charge is 0.191 e. The molecule has 2 aromatic carbocycles. The Balaban J connectivity index is 1.94. The average Bonchev–Trinajstić information content (AvgIpc) is 2.68. The van der Waals surface area contributed by atoms with Crippen molar-refractivity contribution >= 4 is 27.4 Å². The molecule has 8 heteroatoms. The van der Waals surface area contributed by atoms with E-state index in [2.05, 4.69) is 15.6 Å². The summed E-state index contributed by atoms with van der Waals surface area (Å²) in [6, 6.07) is 14.5. The summed E-state index contributed by atoms with van der Waals surface area (Å²) in [5, 5.41) is 7.18. The van der Waals surface area contributed by atoms with E-state index in [4.69, 9.17) is 16.3 Å². The van der Waals surface area contributed by atoms with Crippen molar-refractivity contribution in [2.45, 2.75) is 24.3 Å². The monoisotopic (exact) mass is 437 g/mol. The molecule has 0 aliphatic rings. The predicted octanol–water partition coefficient (Wildman–Crippen LogP) is 3.23. The van der Waals surface area contributed by atoms with Gasteiger partial charge in [0.15, 0.2) is 15.8 Å². The Morgan fingerprint density at radius 1 is 1.17 bits per heavy atom. The van der Waals surface area contributed by atoms with Crippen molar-refractivity contribution in [1.29, 1.82) is 0 Å². The number of halogens is 1. The standard InChI is InChI=1S/C21H28ClN3O3S/c1-4-23-21(25-15-20(28-2)17-6-5-7-18(22)14-17)24-13-12-16-8-10-19(11-9-16)29(3,26)27/h5-11,14,20H,4,12-13,15H2,1-3H3,(H2,23,24,25). The molecule has 0 amide bonds. The molecule has 0 fully saturated rings. The number of nitrogens with one attached hydrogen (secondary N) is 2. The molecule has 0 radical (unpaired) electrons. The van der Waals surface area contributed by atoms with Crippen LogP contribution in [0.3, 0.4) is 0 Å². The van der Waals surface area contributed by atoms with Crippen molar-refractivity contribution in [1.82, 2.24) is 10.6 Å². The molecular weight excluding hydrogens is 410 g/mol. The first-order chi connectivity index (χ1) is 13.8. The normalized spacial score (nSPS) is 13.2. The number of nitrogens with zero attached hydrogens (tertiary/aromatic N) is 1. The van der Waals surface area contributed by atoms with Gasteiger partial charge in [0.1, 0.15) is 6.10 Å². The molecule has 29 heavy (non-hydrogen) atoms. The molecule has 6 nitrogen and oxygen atoms in total. The Kier molecular flexibility index (Phi) is 8.95. The summed E-state index contributed by atoms with van der Waals surface area (Å²) in [7, 11) is -1.52. The molecule has 2 rings (SSSR count). The molecule has 0 spiro atoms. The van der Waals surface area contributed by atoms with Crippen LogP contribution in [0.25, 0.3) is 0 Å². The van der Waals surface area contributed by atoms with E-state index >= 15 is 0 Å². The Hall–Kier alpha value is -2.09. The number of hydrogen-bond donors (Lipinski definition) is 2. The SMILES string of the molecule is CCNC(=NCC(OC)c1cccc(Cl)c1)NCCc1ccc(S(C)(=O)=O)cc1. The summed E-state index contributed by atoms with van der Waals surface area (Å²) >= 11 is 6.07. The zero-order chi connectivity index (χ0) is 21.3. The van der Waals surface area contributed by atoms with Gasteiger partial charge in [0.25, 0.3) is 0 Å². The third kappa shape index (κ3) is 7.68. The van der Waals surface area contributed by atoms with Gasteiger partial charge in [-0.1, -0.05) is 35.9 Å². The van der Waals surface area contributed by atoms with Crippen molar-refractivity contribution in [3.05, 3.63) is 64.7 Å². The lowest BCUT2D eigenvalue weighted by Gasteiger charge is -2.16. The highest BCUT2D eigenvalue weighted by atomic mass is 35.5. The molecule has 2 aromatic rings. The molecule has 2 N–H and O–H groups in total. The second-order valence-electron chi connectivity index (χ2n) is 6.59. The zero-order valence-electron chi connectivity index (χ0n) is 17.0. The highest BCUT2D eigenvalue weighted by Crippen LogP contribution is 2.20. The Morgan fingerprint density at radius 2 is 1.90 bits per heavy atom. The van der Waals surface area contributed by atoms with E-state index in [1.807, 2.05) is 43.3 Å². The third-order valence-electron chi connectivity index (χ3n) is 4.32. The van der Waals surface area contributed by atoms with Crippen LogP contribution >= 0.6 is 11.6 Å². The highest BCUT2D eigenvalue weighted by molar-refractivity contribution is 7.90. The number of guanidine groups is 1. The van der Waals surface area contributed by atoms with Gasteiger partial charge in [0, 0.05) is 31.5 Å². The first-order valence-electron chi connectivity index (χ1n) is 9.43. The number of benzene rings is 2. The van der Waals surface area contributed by atoms with Crippen molar-refractivity contribution in [2.24, 2.45) is 4.99 Å². The molecule has 158 valence electrons. The van der Waals surface area contributed by atoms with Crippen LogP contribution in [0.1, 0.15) is 24.2 Å². The van der Waals surface area contributed by atoms with E-state index in [0.717, 1.165) is 24.1 Å². The third-order valence-corrected chi connectivity index (χ3v) is 5.69. The van der Waals surface area contributed by atoms with Gasteiger partial charge in [-0.2, -0.15) is 0 Å². The van der Waals surface area contributed by atoms with E-state index in [1.165, 1.54) is 6.26 Å². The van der Waals surface area contributed by atoms with Gasteiger partial charge in [-0.3, -0.25) is 4.99 Å². The van der Waals surface area contributed by atoms with Crippen LogP contribution in [0.2, 0.25) is 5.02 Å². The van der Waals surface area contributed by atoms with Gasteiger partial charge in [-0.15, -0.1) is 0 Å². The second-order valence-corrected chi connectivity index (χ2v) is 9.04. The fraction of sp³-hybridized carbons (Fsp3) is 0.381. The van der Waals surface area contributed by atoms with Crippen LogP contribution in [0.5, 0.6) is 0 Å². The fourth-order valence-electron chi connectivity index (χ4n) is 2.77. The van der Waals surface area contributed by atoms with Gasteiger partial charge >= 0.3 is 0 Å². The molecule has 0 heterocycles. The van der Waals surface area contributed by atoms with Crippen LogP contribution in [0.15, 0.2) is 58.4 Å². The molecule has 0 aromatic heterocycles. The van der Waals surface area contributed by atoms with Gasteiger partial charge < -0.3 is 15.4 Å². The Morgan fingerprint density at radius 3 is 2.48 bits per heavy atom. The van der Waals surface area contributed by atoms with Crippen molar-refractivity contribution in [3.8, 4) is 0 Å². The molecule has 0 saturated heterocycles. The molecule has 0 saturated carbocycles. The quantitative estimate of drug-likeness (QED) is 0.465. The summed E-state index contributed by atoms with van der Waals surface area (Å²) in [4.78, 5) is 4.94. The maximum Gasteiger partial charge on any atom is 0.191 e. The van der Waals surface area contributed by atoms with Crippen LogP contribution in [0.4, 0.5) is 0 Å². The number of sulfone groups is 1. The van der Waals surface area contributed by atoms with E-state index in [0.29, 0.717) is 29.0 Å². The minimum absolute atomic E-state index is 0.187. The zero-order valence-corrected chi connectivity index (χ0v) is 18.6. The summed E-state index contributed by atoms with van der Waals surface area (Å²) < 4.78 is 28.6. The van der Waals surface area contributed by atoms with Crippen LogP contribution in [-0.4, -0.2) is 47.4 Å². The van der Waals surface area contributed by atoms with Crippen molar-refractivity contribution < 1.29 is 13.2 Å². The highest BCUT2D eigenvalue weighted by Gasteiger charge is 2.11. The predicted molar refractivity (Wildman–Crippen MR) is 118 cm³/mol. The molecular formula is C21H28ClN3O3S. The summed E-state index contributed by atoms with van der Waals surface area (Å²) in [6.45, 7) is 3.86. The maximum atomic E-state index is 11.5. The first-order valence-corrected chi connectivity index (χ1v) is 11.7. The van der Waals surface area contributed by atoms with Crippen LogP contribution in [0, 0.1) is 0 Å². The summed E-state index contributed by atoms with van der Waals surface area (Å²) in [6.07, 6.45) is 1.77. The second kappa shape index (κ2) is 11.2. The van der Waals surface area contributed by atoms with E-state index in [-0.39, 0.29) is 6.10 Å². The topological polar surface area (TPSA) is 79.8 Å². The average molecular weight is 438 g/mol. The van der Waals surface area contributed by atoms with Gasteiger partial charge in [-0.25, -0.2) is 8.42 Å². The lowest BCUT2D eigenvalue weighted by atomic mass is 10.1. The largest absolute Gasteiger partial charge is 0.375 e. The van der Waals surface area contributed by atoms with Crippen LogP contribution < -0.4 is 10.6 Å². The van der Waals surface area contributed by atoms with Crippen molar-refractivity contribution in [3.63, 3.8) is 0 Å². The van der Waals surface area contributed by atoms with E-state index in [1.54, 1.807) is 19.2 Å². The molecule has 0 aliphatic heterocycles. The first kappa shape index (κ1) is 23.2. The van der Waals surface area contributed by atoms with Gasteiger partial charge in [0.05, 0.1) is 11.4 Å². The van der Waals surface area contributed by atoms with Gasteiger partial charge in [-0.05, 0) is 48.7 Å². The number of ether oxygens (including phenoxy) is 1. The lowest BCUT2D eigenvalue weighted by molar-refractivity contribution is 0.111. The summed E-state index contributed by atoms with van der Waals surface area (Å²) in [5.41, 5.74) is 2.03. The number of aliphatic imine (C=N–C) groups is 1. The number of methoxy groups -OCH3 is 1. The van der Waals surface area contributed by atoms with Crippen molar-refractivity contribution in [2.75, 3.05) is 33.0 Å². The molecule has 0 bridgehead atoms. The minimum Gasteiger partial charge on any atom is -0.375 e.